The molecule has 7 nitrogen and oxygen atoms in total. The summed E-state index contributed by atoms with van der Waals surface area (Å²) in [7, 11) is 0. The Kier molecular flexibility index (Phi) is 4.84. The van der Waals surface area contributed by atoms with E-state index in [0.29, 0.717) is 5.11 Å². The van der Waals surface area contributed by atoms with Crippen LogP contribution in [0.2, 0.25) is 0 Å². The molecule has 0 aliphatic heterocycles. The Hall–Kier alpha value is -2.74. The molecule has 1 heterocycles. The number of nitro groups is 1. The molecule has 0 atom stereocenters. The molecule has 0 unspecified atom stereocenters. The number of hydrogen-bond acceptors (Lipinski definition) is 5. The van der Waals surface area contributed by atoms with Crippen molar-refractivity contribution in [2.75, 3.05) is 5.32 Å². The van der Waals surface area contributed by atoms with Crippen molar-refractivity contribution < 1.29 is 9.34 Å². The van der Waals surface area contributed by atoms with Crippen molar-refractivity contribution in [3.63, 3.8) is 0 Å². The molecule has 0 aliphatic rings. The average molecular weight is 318 g/mol. The van der Waals surface area contributed by atoms with E-state index in [4.69, 9.17) is 16.6 Å². The van der Waals surface area contributed by atoms with Gasteiger partial charge in [0.15, 0.2) is 10.9 Å². The largest absolute Gasteiger partial charge is 0.433 e. The zero-order chi connectivity index (χ0) is 16.1. The lowest BCUT2D eigenvalue weighted by Crippen LogP contribution is -2.24. The van der Waals surface area contributed by atoms with Gasteiger partial charge in [-0.15, -0.1) is 0 Å². The van der Waals surface area contributed by atoms with Crippen LogP contribution in [0.15, 0.2) is 39.9 Å². The summed E-state index contributed by atoms with van der Waals surface area (Å²) in [5.74, 6) is -0.0775. The van der Waals surface area contributed by atoms with Gasteiger partial charge >= 0.3 is 5.88 Å². The lowest BCUT2D eigenvalue weighted by Gasteiger charge is -2.11. The molecule has 1 aromatic heterocycles. The van der Waals surface area contributed by atoms with Crippen LogP contribution < -0.4 is 10.7 Å². The van der Waals surface area contributed by atoms with Crippen molar-refractivity contribution in [2.45, 2.75) is 13.8 Å². The fraction of sp³-hybridized carbons (Fsp3) is 0.143. The van der Waals surface area contributed by atoms with Crippen molar-refractivity contribution in [1.82, 2.24) is 5.43 Å². The fourth-order valence-electron chi connectivity index (χ4n) is 1.70. The molecular weight excluding hydrogens is 304 g/mol. The maximum absolute atomic E-state index is 10.5. The number of hydrazone groups is 1. The van der Waals surface area contributed by atoms with Gasteiger partial charge in [-0.2, -0.15) is 5.10 Å². The molecule has 8 heteroatoms. The second kappa shape index (κ2) is 6.81. The number of rotatable bonds is 4. The van der Waals surface area contributed by atoms with E-state index in [1.165, 1.54) is 18.3 Å². The summed E-state index contributed by atoms with van der Waals surface area (Å²) in [6.07, 6.45) is 1.31. The summed E-state index contributed by atoms with van der Waals surface area (Å²) in [5.41, 5.74) is 5.76. The van der Waals surface area contributed by atoms with Gasteiger partial charge in [-0.1, -0.05) is 12.1 Å². The van der Waals surface area contributed by atoms with Crippen molar-refractivity contribution in [3.05, 3.63) is 57.3 Å². The normalized spacial score (nSPS) is 10.6. The first-order chi connectivity index (χ1) is 10.5. The first-order valence-corrected chi connectivity index (χ1v) is 6.78. The Bertz CT molecular complexity index is 739. The van der Waals surface area contributed by atoms with Crippen molar-refractivity contribution in [2.24, 2.45) is 5.10 Å². The fourth-order valence-corrected chi connectivity index (χ4v) is 1.86. The molecule has 0 saturated carbocycles. The van der Waals surface area contributed by atoms with Crippen LogP contribution in [-0.2, 0) is 0 Å². The van der Waals surface area contributed by atoms with Crippen LogP contribution in [0.5, 0.6) is 0 Å². The monoisotopic (exact) mass is 318 g/mol. The maximum atomic E-state index is 10.5. The molecule has 1 aromatic carbocycles. The summed E-state index contributed by atoms with van der Waals surface area (Å²) < 4.78 is 4.93. The first-order valence-electron chi connectivity index (χ1n) is 6.38. The van der Waals surface area contributed by atoms with E-state index in [-0.39, 0.29) is 11.6 Å². The van der Waals surface area contributed by atoms with Crippen LogP contribution >= 0.6 is 12.2 Å². The molecule has 2 rings (SSSR count). The third-order valence-corrected chi connectivity index (χ3v) is 3.20. The van der Waals surface area contributed by atoms with Gasteiger partial charge in [0, 0.05) is 5.69 Å². The Morgan fingerprint density at radius 2 is 2.14 bits per heavy atom. The predicted octanol–water partition coefficient (Wildman–Crippen LogP) is 3.13. The predicted molar refractivity (Wildman–Crippen MR) is 88.2 cm³/mol. The van der Waals surface area contributed by atoms with E-state index < -0.39 is 4.92 Å². The second-order valence-electron chi connectivity index (χ2n) is 4.50. The van der Waals surface area contributed by atoms with Crippen LogP contribution in [0, 0.1) is 24.0 Å². The minimum absolute atomic E-state index is 0.258. The second-order valence-corrected chi connectivity index (χ2v) is 4.91. The smallest absolute Gasteiger partial charge is 0.400 e. The average Bonchev–Trinajstić information content (AvgIpc) is 2.93. The highest BCUT2D eigenvalue weighted by atomic mass is 32.1. The molecule has 22 heavy (non-hydrogen) atoms. The molecule has 0 spiro atoms. The number of thiocarbonyl (C=S) groups is 1. The topological polar surface area (TPSA) is 92.7 Å². The number of furan rings is 1. The molecule has 0 saturated heterocycles. The highest BCUT2D eigenvalue weighted by molar-refractivity contribution is 7.80. The minimum atomic E-state index is -0.614. The molecule has 114 valence electrons. The number of anilines is 1. The minimum Gasteiger partial charge on any atom is -0.400 e. The third kappa shape index (κ3) is 3.89. The van der Waals surface area contributed by atoms with E-state index in [9.17, 15) is 10.1 Å². The standard InChI is InChI=1S/C14H14N4O3S/c1-9-4-3-5-12(10(9)2)16-14(22)17-15-8-11-6-7-13(21-11)18(19)20/h3-8H,1-2H3,(H2,16,17,22)/b15-8-. The van der Waals surface area contributed by atoms with Crippen molar-refractivity contribution >= 4 is 35.1 Å². The zero-order valence-electron chi connectivity index (χ0n) is 12.0. The lowest BCUT2D eigenvalue weighted by molar-refractivity contribution is -0.402. The molecule has 2 N–H and O–H groups in total. The highest BCUT2D eigenvalue weighted by Gasteiger charge is 2.10. The van der Waals surface area contributed by atoms with Crippen molar-refractivity contribution in [3.8, 4) is 0 Å². The molecule has 0 aliphatic carbocycles. The zero-order valence-corrected chi connectivity index (χ0v) is 12.8. The first kappa shape index (κ1) is 15.6. The quantitative estimate of drug-likeness (QED) is 0.389. The van der Waals surface area contributed by atoms with E-state index in [1.54, 1.807) is 0 Å². The SMILES string of the molecule is Cc1cccc(NC(=S)N/N=C\c2ccc([N+](=O)[O-])o2)c1C. The van der Waals surface area contributed by atoms with Gasteiger partial charge in [-0.3, -0.25) is 15.5 Å². The molecule has 0 radical (unpaired) electrons. The van der Waals surface area contributed by atoms with Gasteiger partial charge in [-0.05, 0) is 49.3 Å². The van der Waals surface area contributed by atoms with E-state index >= 15 is 0 Å². The van der Waals surface area contributed by atoms with Crippen LogP contribution in [-0.4, -0.2) is 16.3 Å². The van der Waals surface area contributed by atoms with Crippen LogP contribution in [0.25, 0.3) is 0 Å². The molecule has 2 aromatic rings. The number of nitrogens with zero attached hydrogens (tertiary/aromatic N) is 2. The van der Waals surface area contributed by atoms with E-state index in [0.717, 1.165) is 16.8 Å². The number of aryl methyl sites for hydroxylation is 1. The Morgan fingerprint density at radius 3 is 2.82 bits per heavy atom. The molecule has 0 bridgehead atoms. The number of nitrogens with one attached hydrogen (secondary N) is 2. The maximum Gasteiger partial charge on any atom is 0.433 e. The summed E-state index contributed by atoms with van der Waals surface area (Å²) in [5, 5.41) is 17.7. The van der Waals surface area contributed by atoms with Crippen LogP contribution in [0.3, 0.4) is 0 Å². The summed E-state index contributed by atoms with van der Waals surface area (Å²) >= 11 is 5.13. The third-order valence-electron chi connectivity index (χ3n) is 3.00. The van der Waals surface area contributed by atoms with Gasteiger partial charge in [0.1, 0.15) is 4.92 Å². The molecule has 0 amide bonds. The van der Waals surface area contributed by atoms with Gasteiger partial charge in [0.05, 0.1) is 12.3 Å². The lowest BCUT2D eigenvalue weighted by atomic mass is 10.1. The highest BCUT2D eigenvalue weighted by Crippen LogP contribution is 2.17. The van der Waals surface area contributed by atoms with Gasteiger partial charge in [-0.25, -0.2) is 0 Å². The Labute approximate surface area is 132 Å². The number of benzene rings is 1. The van der Waals surface area contributed by atoms with Crippen molar-refractivity contribution in [1.29, 1.82) is 0 Å². The van der Waals surface area contributed by atoms with E-state index in [1.807, 2.05) is 32.0 Å². The van der Waals surface area contributed by atoms with E-state index in [2.05, 4.69) is 15.8 Å². The number of hydrogen-bond donors (Lipinski definition) is 2. The van der Waals surface area contributed by atoms with Gasteiger partial charge in [0.2, 0.25) is 0 Å². The van der Waals surface area contributed by atoms with Gasteiger partial charge in [0.25, 0.3) is 0 Å². The van der Waals surface area contributed by atoms with Gasteiger partial charge < -0.3 is 9.73 Å². The summed E-state index contributed by atoms with van der Waals surface area (Å²) in [4.78, 5) is 9.87. The molecule has 0 fully saturated rings. The van der Waals surface area contributed by atoms with Crippen LogP contribution in [0.1, 0.15) is 16.9 Å². The molecular formula is C14H14N4O3S. The Balaban J connectivity index is 1.93. The summed E-state index contributed by atoms with van der Waals surface area (Å²) in [6.45, 7) is 4.00. The van der Waals surface area contributed by atoms with Crippen LogP contribution in [0.4, 0.5) is 11.6 Å². The Morgan fingerprint density at radius 1 is 1.36 bits per heavy atom. The summed E-state index contributed by atoms with van der Waals surface area (Å²) in [6, 6.07) is 8.56.